The van der Waals surface area contributed by atoms with Crippen LogP contribution in [0.15, 0.2) is 29.2 Å². The molecule has 23 heavy (non-hydrogen) atoms. The third-order valence-electron chi connectivity index (χ3n) is 3.86. The van der Waals surface area contributed by atoms with Crippen LogP contribution in [0.2, 0.25) is 0 Å². The van der Waals surface area contributed by atoms with E-state index in [4.69, 9.17) is 5.73 Å². The number of hydrogen-bond donors (Lipinski definition) is 2. The molecule has 0 saturated heterocycles. The summed E-state index contributed by atoms with van der Waals surface area (Å²) in [6.45, 7) is 3.36. The van der Waals surface area contributed by atoms with Crippen LogP contribution in [-0.4, -0.2) is 35.7 Å². The summed E-state index contributed by atoms with van der Waals surface area (Å²) < 4.78 is 32.4. The van der Waals surface area contributed by atoms with Gasteiger partial charge >= 0.3 is 0 Å². The lowest BCUT2D eigenvalue weighted by Gasteiger charge is -2.30. The van der Waals surface area contributed by atoms with Gasteiger partial charge in [-0.25, -0.2) is 0 Å². The monoisotopic (exact) mass is 334 g/mol. The van der Waals surface area contributed by atoms with Crippen LogP contribution in [0.3, 0.4) is 0 Å². The maximum atomic E-state index is 12.6. The number of nitrogens with zero attached hydrogens (tertiary/aromatic N) is 1. The SMILES string of the molecule is CC(C)N1C(=O)c2cccc3c(N)c(S(=O)(=O)O)cc(c23)C1=O. The minimum Gasteiger partial charge on any atom is -0.397 e. The van der Waals surface area contributed by atoms with Crippen LogP contribution in [0.25, 0.3) is 10.8 Å². The van der Waals surface area contributed by atoms with E-state index in [1.165, 1.54) is 6.07 Å². The Morgan fingerprint density at radius 3 is 2.30 bits per heavy atom. The number of anilines is 1. The number of imide groups is 1. The van der Waals surface area contributed by atoms with E-state index < -0.39 is 32.9 Å². The predicted octanol–water partition coefficient (Wildman–Crippen LogP) is 1.67. The smallest absolute Gasteiger partial charge is 0.296 e. The van der Waals surface area contributed by atoms with Crippen molar-refractivity contribution in [2.24, 2.45) is 0 Å². The van der Waals surface area contributed by atoms with Crippen LogP contribution >= 0.6 is 0 Å². The molecule has 3 rings (SSSR count). The average Bonchev–Trinajstić information content (AvgIpc) is 2.44. The molecular formula is C15H14N2O5S. The molecule has 0 atom stereocenters. The van der Waals surface area contributed by atoms with E-state index in [1.807, 2.05) is 0 Å². The van der Waals surface area contributed by atoms with Crippen molar-refractivity contribution < 1.29 is 22.6 Å². The third-order valence-corrected chi connectivity index (χ3v) is 4.75. The first-order valence-corrected chi connectivity index (χ1v) is 8.29. The van der Waals surface area contributed by atoms with Crippen LogP contribution in [0.5, 0.6) is 0 Å². The van der Waals surface area contributed by atoms with Gasteiger partial charge in [0.1, 0.15) is 4.90 Å². The number of nitrogens with two attached hydrogens (primary N) is 1. The van der Waals surface area contributed by atoms with Crippen molar-refractivity contribution in [3.8, 4) is 0 Å². The highest BCUT2D eigenvalue weighted by Gasteiger charge is 2.36. The van der Waals surface area contributed by atoms with Crippen molar-refractivity contribution in [3.05, 3.63) is 35.4 Å². The van der Waals surface area contributed by atoms with Crippen LogP contribution in [0.4, 0.5) is 5.69 Å². The molecule has 1 aliphatic heterocycles. The van der Waals surface area contributed by atoms with Crippen LogP contribution in [0.1, 0.15) is 34.6 Å². The lowest BCUT2D eigenvalue weighted by Crippen LogP contribution is -2.44. The lowest BCUT2D eigenvalue weighted by atomic mass is 9.92. The molecule has 2 aromatic carbocycles. The number of amides is 2. The summed E-state index contributed by atoms with van der Waals surface area (Å²) in [5.41, 5.74) is 5.95. The molecule has 0 fully saturated rings. The maximum Gasteiger partial charge on any atom is 0.296 e. The van der Waals surface area contributed by atoms with Gasteiger partial charge in [-0.3, -0.25) is 19.0 Å². The van der Waals surface area contributed by atoms with Gasteiger partial charge in [-0.2, -0.15) is 8.42 Å². The highest BCUT2D eigenvalue weighted by atomic mass is 32.2. The number of hydrogen-bond acceptors (Lipinski definition) is 5. The standard InChI is InChI=1S/C15H14N2O5S/c1-7(2)17-14(18)9-5-3-4-8-12(9)10(15(17)19)6-11(13(8)16)23(20,21)22/h3-7H,16H2,1-2H3,(H,20,21,22). The summed E-state index contributed by atoms with van der Waals surface area (Å²) in [7, 11) is -4.60. The van der Waals surface area contributed by atoms with Crippen molar-refractivity contribution >= 4 is 38.4 Å². The zero-order valence-corrected chi connectivity index (χ0v) is 13.2. The number of nitrogen functional groups attached to an aromatic ring is 1. The molecular weight excluding hydrogens is 320 g/mol. The fourth-order valence-electron chi connectivity index (χ4n) is 2.86. The molecule has 1 heterocycles. The Balaban J connectivity index is 2.50. The second kappa shape index (κ2) is 4.77. The minimum atomic E-state index is -4.60. The molecule has 2 aromatic rings. The van der Waals surface area contributed by atoms with Crippen molar-refractivity contribution in [1.29, 1.82) is 0 Å². The maximum absolute atomic E-state index is 12.6. The predicted molar refractivity (Wildman–Crippen MR) is 83.8 cm³/mol. The first-order valence-electron chi connectivity index (χ1n) is 6.85. The molecule has 120 valence electrons. The first-order chi connectivity index (χ1) is 10.6. The summed E-state index contributed by atoms with van der Waals surface area (Å²) >= 11 is 0. The van der Waals surface area contributed by atoms with Crippen molar-refractivity contribution in [2.75, 3.05) is 5.73 Å². The Kier molecular flexibility index (Phi) is 3.20. The molecule has 0 spiro atoms. The molecule has 3 N–H and O–H groups in total. The minimum absolute atomic E-state index is 0.0331. The van der Waals surface area contributed by atoms with Crippen LogP contribution < -0.4 is 5.73 Å². The summed E-state index contributed by atoms with van der Waals surface area (Å²) in [6.07, 6.45) is 0. The number of carbonyl (C=O) groups excluding carboxylic acids is 2. The molecule has 1 aliphatic rings. The molecule has 0 bridgehead atoms. The van der Waals surface area contributed by atoms with Gasteiger partial charge in [-0.05, 0) is 26.0 Å². The van der Waals surface area contributed by atoms with Crippen LogP contribution in [-0.2, 0) is 10.1 Å². The average molecular weight is 334 g/mol. The zero-order valence-electron chi connectivity index (χ0n) is 12.4. The highest BCUT2D eigenvalue weighted by molar-refractivity contribution is 7.86. The van der Waals surface area contributed by atoms with Crippen molar-refractivity contribution in [3.63, 3.8) is 0 Å². The molecule has 2 amide bonds. The topological polar surface area (TPSA) is 118 Å². The molecule has 7 nitrogen and oxygen atoms in total. The van der Waals surface area contributed by atoms with E-state index in [0.717, 1.165) is 11.0 Å². The molecule has 0 radical (unpaired) electrons. The highest BCUT2D eigenvalue weighted by Crippen LogP contribution is 2.37. The van der Waals surface area contributed by atoms with E-state index in [2.05, 4.69) is 0 Å². The van der Waals surface area contributed by atoms with Crippen LogP contribution in [0, 0.1) is 0 Å². The number of carbonyl (C=O) groups is 2. The van der Waals surface area contributed by atoms with E-state index in [0.29, 0.717) is 5.39 Å². The Labute approximate surface area is 132 Å². The van der Waals surface area contributed by atoms with Gasteiger partial charge in [0.15, 0.2) is 0 Å². The van der Waals surface area contributed by atoms with E-state index in [1.54, 1.807) is 26.0 Å². The molecule has 0 aromatic heterocycles. The normalized spacial score (nSPS) is 14.9. The lowest BCUT2D eigenvalue weighted by molar-refractivity contribution is 0.0564. The Bertz CT molecular complexity index is 979. The summed E-state index contributed by atoms with van der Waals surface area (Å²) in [5.74, 6) is -1.07. The summed E-state index contributed by atoms with van der Waals surface area (Å²) in [5, 5.41) is 0.557. The molecule has 0 unspecified atom stereocenters. The fourth-order valence-corrected chi connectivity index (χ4v) is 3.52. The zero-order chi connectivity index (χ0) is 17.1. The Morgan fingerprint density at radius 1 is 1.13 bits per heavy atom. The second-order valence-electron chi connectivity index (χ2n) is 5.61. The van der Waals surface area contributed by atoms with E-state index >= 15 is 0 Å². The van der Waals surface area contributed by atoms with Gasteiger partial charge in [-0.1, -0.05) is 12.1 Å². The second-order valence-corrected chi connectivity index (χ2v) is 7.00. The van der Waals surface area contributed by atoms with Crippen molar-refractivity contribution in [2.45, 2.75) is 24.8 Å². The third kappa shape index (κ3) is 2.10. The fraction of sp³-hybridized carbons (Fsp3) is 0.200. The molecule has 8 heteroatoms. The molecule has 0 saturated carbocycles. The van der Waals surface area contributed by atoms with E-state index in [9.17, 15) is 22.6 Å². The largest absolute Gasteiger partial charge is 0.397 e. The Morgan fingerprint density at radius 2 is 1.74 bits per heavy atom. The van der Waals surface area contributed by atoms with Gasteiger partial charge in [0.25, 0.3) is 21.9 Å². The van der Waals surface area contributed by atoms with Gasteiger partial charge in [0.2, 0.25) is 0 Å². The summed E-state index contributed by atoms with van der Waals surface area (Å²) in [4.78, 5) is 25.7. The van der Waals surface area contributed by atoms with Gasteiger partial charge in [0.05, 0.1) is 11.3 Å². The number of benzene rings is 2. The quantitative estimate of drug-likeness (QED) is 0.490. The summed E-state index contributed by atoms with van der Waals surface area (Å²) in [6, 6.07) is 5.25. The number of rotatable bonds is 2. The van der Waals surface area contributed by atoms with Gasteiger partial charge < -0.3 is 5.73 Å². The Hall–Kier alpha value is -2.45. The van der Waals surface area contributed by atoms with Gasteiger partial charge in [-0.15, -0.1) is 0 Å². The first kappa shape index (κ1) is 15.4. The van der Waals surface area contributed by atoms with E-state index in [-0.39, 0.29) is 22.2 Å². The van der Waals surface area contributed by atoms with Gasteiger partial charge in [0, 0.05) is 22.4 Å². The molecule has 0 aliphatic carbocycles. The van der Waals surface area contributed by atoms with Crippen molar-refractivity contribution in [1.82, 2.24) is 4.90 Å².